The van der Waals surface area contributed by atoms with E-state index in [4.69, 9.17) is 0 Å². The van der Waals surface area contributed by atoms with E-state index < -0.39 is 0 Å². The van der Waals surface area contributed by atoms with Gasteiger partial charge in [-0.3, -0.25) is 0 Å². The second-order valence-electron chi connectivity index (χ2n) is 5.76. The van der Waals surface area contributed by atoms with E-state index in [1.807, 2.05) is 0 Å². The van der Waals surface area contributed by atoms with Crippen molar-refractivity contribution in [2.45, 2.75) is 33.1 Å². The van der Waals surface area contributed by atoms with Crippen LogP contribution >= 0.6 is 12.4 Å². The van der Waals surface area contributed by atoms with E-state index >= 15 is 0 Å². The van der Waals surface area contributed by atoms with Crippen LogP contribution in [0.3, 0.4) is 0 Å². The molecule has 2 saturated heterocycles. The summed E-state index contributed by atoms with van der Waals surface area (Å²) in [5.41, 5.74) is 0. The molecular weight excluding hydrogens is 220 g/mol. The van der Waals surface area contributed by atoms with Crippen LogP contribution < -0.4 is 5.32 Å². The normalized spacial score (nSPS) is 31.7. The van der Waals surface area contributed by atoms with Crippen LogP contribution in [0.1, 0.15) is 33.1 Å². The maximum absolute atomic E-state index is 3.52. The van der Waals surface area contributed by atoms with Crippen LogP contribution in [-0.4, -0.2) is 37.6 Å². The molecule has 3 heteroatoms. The molecule has 0 aromatic heterocycles. The number of halogens is 1. The summed E-state index contributed by atoms with van der Waals surface area (Å²) in [6.07, 6.45) is 4.25. The lowest BCUT2D eigenvalue weighted by atomic mass is 9.95. The van der Waals surface area contributed by atoms with Gasteiger partial charge in [-0.25, -0.2) is 0 Å². The fourth-order valence-corrected chi connectivity index (χ4v) is 3.02. The molecule has 1 N–H and O–H groups in total. The first-order chi connectivity index (χ1) is 7.25. The van der Waals surface area contributed by atoms with E-state index in [1.165, 1.54) is 52.0 Å². The van der Waals surface area contributed by atoms with Crippen LogP contribution in [0, 0.1) is 17.8 Å². The monoisotopic (exact) mass is 246 g/mol. The smallest absolute Gasteiger partial charge is 0.00219 e. The molecule has 96 valence electrons. The van der Waals surface area contributed by atoms with Crippen molar-refractivity contribution in [1.29, 1.82) is 0 Å². The minimum Gasteiger partial charge on any atom is -0.316 e. The van der Waals surface area contributed by atoms with Crippen molar-refractivity contribution in [3.05, 3.63) is 0 Å². The van der Waals surface area contributed by atoms with Gasteiger partial charge in [-0.1, -0.05) is 13.8 Å². The minimum atomic E-state index is 0. The lowest BCUT2D eigenvalue weighted by molar-refractivity contribution is 0.231. The standard InChI is InChI=1S/C13H26N2.ClH/c1-11(2)13-5-7-15(10-13)9-12-4-3-6-14-8-12;/h11-14H,3-10H2,1-2H3;1H. The molecule has 2 fully saturated rings. The average molecular weight is 247 g/mol. The average Bonchev–Trinajstić information content (AvgIpc) is 2.68. The largest absolute Gasteiger partial charge is 0.316 e. The summed E-state index contributed by atoms with van der Waals surface area (Å²) in [7, 11) is 0. The van der Waals surface area contributed by atoms with Crippen molar-refractivity contribution < 1.29 is 0 Å². The van der Waals surface area contributed by atoms with Gasteiger partial charge < -0.3 is 10.2 Å². The number of hydrogen-bond donors (Lipinski definition) is 1. The molecule has 0 saturated carbocycles. The van der Waals surface area contributed by atoms with Crippen LogP contribution in [0.15, 0.2) is 0 Å². The van der Waals surface area contributed by atoms with Gasteiger partial charge in [0.1, 0.15) is 0 Å². The second-order valence-corrected chi connectivity index (χ2v) is 5.76. The van der Waals surface area contributed by atoms with E-state index in [-0.39, 0.29) is 12.4 Å². The highest BCUT2D eigenvalue weighted by Gasteiger charge is 2.26. The molecule has 0 bridgehead atoms. The first-order valence-corrected chi connectivity index (χ1v) is 6.69. The summed E-state index contributed by atoms with van der Waals surface area (Å²) in [6, 6.07) is 0. The fourth-order valence-electron chi connectivity index (χ4n) is 3.02. The molecule has 2 nitrogen and oxygen atoms in total. The Kier molecular flexibility index (Phi) is 6.09. The second kappa shape index (κ2) is 6.83. The van der Waals surface area contributed by atoms with Gasteiger partial charge in [-0.2, -0.15) is 0 Å². The minimum absolute atomic E-state index is 0. The van der Waals surface area contributed by atoms with E-state index in [0.29, 0.717) is 0 Å². The summed E-state index contributed by atoms with van der Waals surface area (Å²) >= 11 is 0. The number of piperidine rings is 1. The molecule has 0 spiro atoms. The fraction of sp³-hybridized carbons (Fsp3) is 1.00. The lowest BCUT2D eigenvalue weighted by Crippen LogP contribution is -2.37. The molecular formula is C13H27ClN2. The van der Waals surface area contributed by atoms with Crippen LogP contribution in [0.2, 0.25) is 0 Å². The SMILES string of the molecule is CC(C)C1CCN(CC2CCCNC2)C1.Cl. The summed E-state index contributed by atoms with van der Waals surface area (Å²) in [5.74, 6) is 2.76. The first kappa shape index (κ1) is 14.3. The predicted octanol–water partition coefficient (Wildman–Crippen LogP) is 2.39. The third-order valence-corrected chi connectivity index (χ3v) is 4.17. The molecule has 2 rings (SSSR count). The molecule has 2 aliphatic rings. The molecule has 0 amide bonds. The molecule has 0 aromatic rings. The maximum Gasteiger partial charge on any atom is 0.00219 e. The Balaban J connectivity index is 0.00000128. The van der Waals surface area contributed by atoms with Crippen molar-refractivity contribution >= 4 is 12.4 Å². The third kappa shape index (κ3) is 3.90. The van der Waals surface area contributed by atoms with Crippen molar-refractivity contribution in [3.63, 3.8) is 0 Å². The summed E-state index contributed by atoms with van der Waals surface area (Å²) in [4.78, 5) is 2.70. The third-order valence-electron chi connectivity index (χ3n) is 4.17. The van der Waals surface area contributed by atoms with E-state index in [9.17, 15) is 0 Å². The Labute approximate surface area is 107 Å². The highest BCUT2D eigenvalue weighted by molar-refractivity contribution is 5.85. The van der Waals surface area contributed by atoms with E-state index in [2.05, 4.69) is 24.1 Å². The van der Waals surface area contributed by atoms with Gasteiger partial charge in [0.2, 0.25) is 0 Å². The van der Waals surface area contributed by atoms with Crippen LogP contribution in [0.4, 0.5) is 0 Å². The molecule has 2 heterocycles. The van der Waals surface area contributed by atoms with Crippen LogP contribution in [0.5, 0.6) is 0 Å². The quantitative estimate of drug-likeness (QED) is 0.823. The van der Waals surface area contributed by atoms with Crippen molar-refractivity contribution in [1.82, 2.24) is 10.2 Å². The zero-order chi connectivity index (χ0) is 10.7. The molecule has 2 unspecified atom stereocenters. The predicted molar refractivity (Wildman–Crippen MR) is 72.2 cm³/mol. The Hall–Kier alpha value is 0.210. The summed E-state index contributed by atoms with van der Waals surface area (Å²) < 4.78 is 0. The number of nitrogens with one attached hydrogen (secondary N) is 1. The van der Waals surface area contributed by atoms with Crippen LogP contribution in [0.25, 0.3) is 0 Å². The Bertz CT molecular complexity index is 190. The molecule has 2 aliphatic heterocycles. The van der Waals surface area contributed by atoms with Crippen molar-refractivity contribution in [3.8, 4) is 0 Å². The summed E-state index contributed by atoms with van der Waals surface area (Å²) in [6.45, 7) is 11.3. The van der Waals surface area contributed by atoms with Gasteiger partial charge in [-0.15, -0.1) is 12.4 Å². The first-order valence-electron chi connectivity index (χ1n) is 6.69. The highest BCUT2D eigenvalue weighted by atomic mass is 35.5. The molecule has 0 radical (unpaired) electrons. The molecule has 2 atom stereocenters. The van der Waals surface area contributed by atoms with Gasteiger partial charge in [0.15, 0.2) is 0 Å². The van der Waals surface area contributed by atoms with E-state index in [1.54, 1.807) is 0 Å². The highest BCUT2D eigenvalue weighted by Crippen LogP contribution is 2.25. The van der Waals surface area contributed by atoms with Crippen molar-refractivity contribution in [2.75, 3.05) is 32.7 Å². The topological polar surface area (TPSA) is 15.3 Å². The molecule has 0 aliphatic carbocycles. The number of rotatable bonds is 3. The molecule has 0 aromatic carbocycles. The zero-order valence-electron chi connectivity index (χ0n) is 10.7. The molecule has 16 heavy (non-hydrogen) atoms. The Morgan fingerprint density at radius 2 is 2.12 bits per heavy atom. The number of hydrogen-bond acceptors (Lipinski definition) is 2. The Morgan fingerprint density at radius 3 is 2.69 bits per heavy atom. The van der Waals surface area contributed by atoms with Crippen LogP contribution in [-0.2, 0) is 0 Å². The van der Waals surface area contributed by atoms with Gasteiger partial charge in [0, 0.05) is 13.1 Å². The lowest BCUT2D eigenvalue weighted by Gasteiger charge is -2.27. The zero-order valence-corrected chi connectivity index (χ0v) is 11.6. The van der Waals surface area contributed by atoms with Gasteiger partial charge in [0.05, 0.1) is 0 Å². The number of likely N-dealkylation sites (tertiary alicyclic amines) is 1. The van der Waals surface area contributed by atoms with Gasteiger partial charge in [0.25, 0.3) is 0 Å². The van der Waals surface area contributed by atoms with Gasteiger partial charge >= 0.3 is 0 Å². The van der Waals surface area contributed by atoms with Gasteiger partial charge in [-0.05, 0) is 56.7 Å². The summed E-state index contributed by atoms with van der Waals surface area (Å²) in [5, 5.41) is 3.52. The van der Waals surface area contributed by atoms with E-state index in [0.717, 1.165) is 17.8 Å². The van der Waals surface area contributed by atoms with Crippen molar-refractivity contribution in [2.24, 2.45) is 17.8 Å². The maximum atomic E-state index is 3.52. The number of nitrogens with zero attached hydrogens (tertiary/aromatic N) is 1. The Morgan fingerprint density at radius 1 is 1.31 bits per heavy atom.